The van der Waals surface area contributed by atoms with Gasteiger partial charge in [-0.2, -0.15) is 0 Å². The van der Waals surface area contributed by atoms with Crippen LogP contribution in [-0.4, -0.2) is 15.4 Å². The van der Waals surface area contributed by atoms with E-state index in [9.17, 15) is 9.59 Å². The third-order valence-electron chi connectivity index (χ3n) is 2.41. The van der Waals surface area contributed by atoms with E-state index in [4.69, 9.17) is 5.11 Å². The number of hydrogen-bond acceptors (Lipinski definition) is 3. The Kier molecular flexibility index (Phi) is 4.10. The number of carboxylic acids is 1. The minimum absolute atomic E-state index is 0.0144. The maximum atomic E-state index is 10.9. The molecule has 0 saturated carbocycles. The van der Waals surface area contributed by atoms with E-state index < -0.39 is 5.97 Å². The Bertz CT molecular complexity index is 731. The second-order valence-corrected chi connectivity index (χ2v) is 4.55. The predicted octanol–water partition coefficient (Wildman–Crippen LogP) is 2.97. The zero-order valence-corrected chi connectivity index (χ0v) is 10.7. The fourth-order valence-electron chi connectivity index (χ4n) is 1.48. The number of carbonyl (C=O) groups is 1. The van der Waals surface area contributed by atoms with Crippen LogP contribution in [0.3, 0.4) is 0 Å². The molecule has 2 N–H and O–H groups in total. The van der Waals surface area contributed by atoms with Gasteiger partial charge in [-0.15, -0.1) is 0 Å². The van der Waals surface area contributed by atoms with Crippen molar-refractivity contribution in [2.24, 2.45) is 0 Å². The number of carboxylic acid groups (broad SMARTS) is 1. The van der Waals surface area contributed by atoms with Crippen LogP contribution >= 0.6 is 11.5 Å². The second kappa shape index (κ2) is 5.97. The van der Waals surface area contributed by atoms with Crippen LogP contribution in [0.15, 0.2) is 59.4 Å². The smallest absolute Gasteiger partial charge is 0.335 e. The Morgan fingerprint density at radius 3 is 2.21 bits per heavy atom. The number of hydrogen-bond donors (Lipinski definition) is 2. The van der Waals surface area contributed by atoms with E-state index in [0.717, 1.165) is 10.1 Å². The van der Waals surface area contributed by atoms with E-state index in [1.54, 1.807) is 30.3 Å². The third kappa shape index (κ3) is 3.29. The average molecular weight is 273 g/mol. The first-order chi connectivity index (χ1) is 9.18. The maximum Gasteiger partial charge on any atom is 0.335 e. The predicted molar refractivity (Wildman–Crippen MR) is 75.8 cm³/mol. The summed E-state index contributed by atoms with van der Waals surface area (Å²) in [6.45, 7) is 0. The highest BCUT2D eigenvalue weighted by molar-refractivity contribution is 7.13. The Balaban J connectivity index is 0.000000141. The number of nitrogens with one attached hydrogen (secondary N) is 1. The van der Waals surface area contributed by atoms with Crippen molar-refractivity contribution in [1.29, 1.82) is 0 Å². The molecule has 0 saturated heterocycles. The van der Waals surface area contributed by atoms with Crippen molar-refractivity contribution < 1.29 is 9.90 Å². The standard InChI is InChI=1S/C7H5NOS.C7H6O2/c9-7-5-3-1-2-4-6(5)10-8-7;8-7(9)6-4-2-1-3-5-6/h1-4H,(H,8,9);1-5H,(H,8,9). The Labute approximate surface area is 113 Å². The first-order valence-corrected chi connectivity index (χ1v) is 6.34. The fraction of sp³-hybridized carbons (Fsp3) is 0. The highest BCUT2D eigenvalue weighted by atomic mass is 32.1. The number of aromatic amines is 1. The summed E-state index contributed by atoms with van der Waals surface area (Å²) in [4.78, 5) is 21.1. The molecule has 1 heterocycles. The van der Waals surface area contributed by atoms with Gasteiger partial charge in [-0.1, -0.05) is 41.9 Å². The summed E-state index contributed by atoms with van der Waals surface area (Å²) in [5.74, 6) is -0.879. The van der Waals surface area contributed by atoms with Gasteiger partial charge in [-0.05, 0) is 24.3 Å². The van der Waals surface area contributed by atoms with Crippen LogP contribution in [0, 0.1) is 0 Å². The normalized spacial score (nSPS) is 9.68. The molecule has 0 amide bonds. The molecule has 0 radical (unpaired) electrons. The first kappa shape index (κ1) is 13.0. The molecule has 5 heteroatoms. The molecule has 0 bridgehead atoms. The highest BCUT2D eigenvalue weighted by Crippen LogP contribution is 2.11. The van der Waals surface area contributed by atoms with Gasteiger partial charge < -0.3 is 5.11 Å². The van der Waals surface area contributed by atoms with Crippen molar-refractivity contribution in [1.82, 2.24) is 4.37 Å². The minimum atomic E-state index is -0.879. The molecule has 0 unspecified atom stereocenters. The molecule has 1 aromatic heterocycles. The van der Waals surface area contributed by atoms with Gasteiger partial charge in [0.25, 0.3) is 5.56 Å². The number of fused-ring (bicyclic) bond motifs is 1. The van der Waals surface area contributed by atoms with Crippen LogP contribution in [0.1, 0.15) is 10.4 Å². The van der Waals surface area contributed by atoms with Gasteiger partial charge in [0.05, 0.1) is 15.6 Å². The van der Waals surface area contributed by atoms with Gasteiger partial charge in [-0.3, -0.25) is 9.17 Å². The third-order valence-corrected chi connectivity index (χ3v) is 3.27. The molecule has 0 aliphatic carbocycles. The lowest BCUT2D eigenvalue weighted by Gasteiger charge is -1.88. The molecule has 19 heavy (non-hydrogen) atoms. The quantitative estimate of drug-likeness (QED) is 0.716. The Hall–Kier alpha value is -2.40. The minimum Gasteiger partial charge on any atom is -0.478 e. The molecule has 0 spiro atoms. The summed E-state index contributed by atoms with van der Waals surface area (Å²) in [6.07, 6.45) is 0. The van der Waals surface area contributed by atoms with Crippen LogP contribution in [0.2, 0.25) is 0 Å². The van der Waals surface area contributed by atoms with Crippen molar-refractivity contribution in [2.45, 2.75) is 0 Å². The lowest BCUT2D eigenvalue weighted by molar-refractivity contribution is 0.0697. The van der Waals surface area contributed by atoms with Crippen molar-refractivity contribution in [3.8, 4) is 0 Å². The van der Waals surface area contributed by atoms with Crippen LogP contribution in [-0.2, 0) is 0 Å². The van der Waals surface area contributed by atoms with Gasteiger partial charge >= 0.3 is 5.97 Å². The van der Waals surface area contributed by atoms with Gasteiger partial charge in [0.2, 0.25) is 0 Å². The van der Waals surface area contributed by atoms with Crippen LogP contribution < -0.4 is 5.56 Å². The van der Waals surface area contributed by atoms with Crippen molar-refractivity contribution in [2.75, 3.05) is 0 Å². The molecule has 0 fully saturated rings. The lowest BCUT2D eigenvalue weighted by atomic mass is 10.2. The lowest BCUT2D eigenvalue weighted by Crippen LogP contribution is -1.94. The second-order valence-electron chi connectivity index (χ2n) is 3.70. The summed E-state index contributed by atoms with van der Waals surface area (Å²) in [5.41, 5.74) is 0.345. The highest BCUT2D eigenvalue weighted by Gasteiger charge is 1.97. The van der Waals surface area contributed by atoms with Gasteiger partial charge in [-0.25, -0.2) is 4.79 Å². The molecule has 0 atom stereocenters. The van der Waals surface area contributed by atoms with E-state index >= 15 is 0 Å². The molecule has 3 rings (SSSR count). The number of H-pyrrole nitrogens is 1. The molecule has 4 nitrogen and oxygen atoms in total. The summed E-state index contributed by atoms with van der Waals surface area (Å²) in [7, 11) is 0. The monoisotopic (exact) mass is 273 g/mol. The van der Waals surface area contributed by atoms with E-state index in [1.807, 2.05) is 24.3 Å². The van der Waals surface area contributed by atoms with E-state index in [2.05, 4.69) is 4.37 Å². The zero-order chi connectivity index (χ0) is 13.7. The molecule has 96 valence electrons. The molecule has 0 aliphatic heterocycles. The molecular weight excluding hydrogens is 262 g/mol. The molecular formula is C14H11NO3S. The SMILES string of the molecule is O=C(O)c1ccccc1.O=c1[nH]sc2ccccc12. The van der Waals surface area contributed by atoms with Gasteiger partial charge in [0, 0.05) is 0 Å². The maximum absolute atomic E-state index is 10.9. The van der Waals surface area contributed by atoms with Crippen LogP contribution in [0.25, 0.3) is 10.1 Å². The van der Waals surface area contributed by atoms with Gasteiger partial charge in [0.1, 0.15) is 0 Å². The van der Waals surface area contributed by atoms with E-state index in [-0.39, 0.29) is 5.56 Å². The number of benzene rings is 2. The number of rotatable bonds is 1. The topological polar surface area (TPSA) is 70.2 Å². The van der Waals surface area contributed by atoms with Crippen molar-refractivity contribution >= 4 is 27.6 Å². The fourth-order valence-corrected chi connectivity index (χ4v) is 2.21. The van der Waals surface area contributed by atoms with Crippen molar-refractivity contribution in [3.05, 3.63) is 70.5 Å². The molecule has 0 aliphatic rings. The Morgan fingerprint density at radius 2 is 1.63 bits per heavy atom. The number of aromatic nitrogens is 1. The summed E-state index contributed by atoms with van der Waals surface area (Å²) in [5, 5.41) is 9.17. The summed E-state index contributed by atoms with van der Waals surface area (Å²) in [6, 6.07) is 15.8. The summed E-state index contributed by atoms with van der Waals surface area (Å²) < 4.78 is 3.68. The Morgan fingerprint density at radius 1 is 1.00 bits per heavy atom. The number of aromatic carboxylic acids is 1. The molecule has 3 aromatic rings. The van der Waals surface area contributed by atoms with Gasteiger partial charge in [0.15, 0.2) is 0 Å². The zero-order valence-electron chi connectivity index (χ0n) is 9.87. The largest absolute Gasteiger partial charge is 0.478 e. The van der Waals surface area contributed by atoms with E-state index in [1.165, 1.54) is 11.5 Å². The van der Waals surface area contributed by atoms with Crippen LogP contribution in [0.5, 0.6) is 0 Å². The first-order valence-electron chi connectivity index (χ1n) is 5.53. The van der Waals surface area contributed by atoms with Crippen LogP contribution in [0.4, 0.5) is 0 Å². The summed E-state index contributed by atoms with van der Waals surface area (Å²) >= 11 is 1.38. The molecule has 2 aromatic carbocycles. The average Bonchev–Trinajstić information content (AvgIpc) is 2.83. The van der Waals surface area contributed by atoms with E-state index in [0.29, 0.717) is 5.56 Å². The van der Waals surface area contributed by atoms with Crippen molar-refractivity contribution in [3.63, 3.8) is 0 Å².